The summed E-state index contributed by atoms with van der Waals surface area (Å²) in [5.74, 6) is -0.153. The number of benzene rings is 1. The molecule has 2 aromatic rings. The molecule has 10 heteroatoms. The van der Waals surface area contributed by atoms with Gasteiger partial charge >= 0.3 is 6.09 Å². The number of amides is 2. The van der Waals surface area contributed by atoms with Crippen LogP contribution in [0.4, 0.5) is 10.6 Å². The normalized spacial score (nSPS) is 14.7. The zero-order chi connectivity index (χ0) is 26.6. The Labute approximate surface area is 215 Å². The van der Waals surface area contributed by atoms with Gasteiger partial charge in [-0.15, -0.1) is 0 Å². The molecule has 1 aliphatic rings. The van der Waals surface area contributed by atoms with Gasteiger partial charge in [0.05, 0.1) is 17.2 Å². The molecule has 0 bridgehead atoms. The minimum atomic E-state index is -0.895. The van der Waals surface area contributed by atoms with E-state index in [9.17, 15) is 20.1 Å². The fourth-order valence-electron chi connectivity index (χ4n) is 4.19. The number of thioether (sulfide) groups is 1. The Bertz CT molecular complexity index is 1230. The van der Waals surface area contributed by atoms with E-state index in [2.05, 4.69) is 12.1 Å². The fourth-order valence-corrected chi connectivity index (χ4v) is 5.23. The van der Waals surface area contributed by atoms with E-state index >= 15 is 0 Å². The molecule has 2 amide bonds. The average molecular weight is 507 g/mol. The number of ether oxygens (including phenoxy) is 1. The van der Waals surface area contributed by atoms with E-state index in [0.29, 0.717) is 33.1 Å². The molecule has 9 nitrogen and oxygen atoms in total. The van der Waals surface area contributed by atoms with Gasteiger partial charge in [0.25, 0.3) is 0 Å². The van der Waals surface area contributed by atoms with Gasteiger partial charge in [-0.3, -0.25) is 4.79 Å². The number of rotatable bonds is 9. The lowest BCUT2D eigenvalue weighted by molar-refractivity contribution is -0.117. The first-order valence-electron chi connectivity index (χ1n) is 11.5. The third-order valence-corrected chi connectivity index (χ3v) is 7.43. The smallest absolute Gasteiger partial charge is 0.404 e. The summed E-state index contributed by atoms with van der Waals surface area (Å²) in [6.45, 7) is 5.91. The van der Waals surface area contributed by atoms with E-state index in [1.807, 2.05) is 39.0 Å². The summed E-state index contributed by atoms with van der Waals surface area (Å²) < 4.78 is 5.13. The Kier molecular flexibility index (Phi) is 8.11. The van der Waals surface area contributed by atoms with Crippen molar-refractivity contribution in [1.29, 1.82) is 10.5 Å². The van der Waals surface area contributed by atoms with Crippen LogP contribution in [0.1, 0.15) is 67.0 Å². The zero-order valence-corrected chi connectivity index (χ0v) is 21.6. The first kappa shape index (κ1) is 26.8. The maximum atomic E-state index is 12.4. The molecule has 0 radical (unpaired) electrons. The Morgan fingerprint density at radius 1 is 1.17 bits per heavy atom. The number of primary amides is 2. The van der Waals surface area contributed by atoms with Crippen LogP contribution in [0, 0.1) is 28.1 Å². The van der Waals surface area contributed by atoms with E-state index in [4.69, 9.17) is 21.2 Å². The summed E-state index contributed by atoms with van der Waals surface area (Å²) in [7, 11) is 1.77. The van der Waals surface area contributed by atoms with E-state index in [1.54, 1.807) is 24.1 Å². The molecule has 1 saturated carbocycles. The van der Waals surface area contributed by atoms with Crippen LogP contribution in [0.25, 0.3) is 0 Å². The Balaban J connectivity index is 2.19. The second-order valence-corrected chi connectivity index (χ2v) is 10.9. The van der Waals surface area contributed by atoms with Crippen molar-refractivity contribution >= 4 is 29.6 Å². The number of carbonyl (C=O) groups is 2. The van der Waals surface area contributed by atoms with E-state index < -0.39 is 17.3 Å². The van der Waals surface area contributed by atoms with E-state index in [-0.39, 0.29) is 24.0 Å². The summed E-state index contributed by atoms with van der Waals surface area (Å²) in [5.41, 5.74) is 12.5. The number of nitrogens with zero attached hydrogens (tertiary/aromatic N) is 4. The number of pyridine rings is 1. The van der Waals surface area contributed by atoms with Crippen molar-refractivity contribution in [2.45, 2.75) is 55.8 Å². The third-order valence-electron chi connectivity index (χ3n) is 6.17. The number of nitrogens with two attached hydrogens (primary N) is 2. The summed E-state index contributed by atoms with van der Waals surface area (Å²) in [6.07, 6.45) is 0.811. The SMILES string of the molecule is CN(c1nc(SC(C(N)=O)c2ccccc2)c(C#N)c(C2CC2)c1C#N)C(COC(N)=O)C(C)(C)C. The van der Waals surface area contributed by atoms with Crippen LogP contribution in [0.15, 0.2) is 35.4 Å². The van der Waals surface area contributed by atoms with E-state index in [0.717, 1.165) is 24.6 Å². The second kappa shape index (κ2) is 10.9. The molecular weight excluding hydrogens is 476 g/mol. The number of hydrogen-bond acceptors (Lipinski definition) is 8. The molecule has 1 aliphatic carbocycles. The van der Waals surface area contributed by atoms with Crippen LogP contribution >= 0.6 is 11.8 Å². The van der Waals surface area contributed by atoms with Crippen LogP contribution in [0.2, 0.25) is 0 Å². The molecule has 0 spiro atoms. The molecule has 1 aromatic heterocycles. The first-order valence-corrected chi connectivity index (χ1v) is 12.4. The van der Waals surface area contributed by atoms with Crippen LogP contribution in [-0.4, -0.2) is 36.7 Å². The first-order chi connectivity index (χ1) is 17.0. The number of likely N-dealkylation sites (N-methyl/N-ethyl adjacent to an activating group) is 1. The molecule has 2 unspecified atom stereocenters. The van der Waals surface area contributed by atoms with Crippen molar-refractivity contribution in [3.05, 3.63) is 52.6 Å². The molecule has 188 valence electrons. The largest absolute Gasteiger partial charge is 0.447 e. The molecule has 3 rings (SSSR count). The van der Waals surface area contributed by atoms with Crippen molar-refractivity contribution in [1.82, 2.24) is 4.98 Å². The molecule has 1 fully saturated rings. The van der Waals surface area contributed by atoms with Crippen molar-refractivity contribution in [3.63, 3.8) is 0 Å². The highest BCUT2D eigenvalue weighted by molar-refractivity contribution is 8.00. The average Bonchev–Trinajstić information content (AvgIpc) is 3.66. The van der Waals surface area contributed by atoms with Crippen LogP contribution < -0.4 is 16.4 Å². The maximum Gasteiger partial charge on any atom is 0.404 e. The van der Waals surface area contributed by atoms with Crippen molar-refractivity contribution < 1.29 is 14.3 Å². The minimum Gasteiger partial charge on any atom is -0.447 e. The molecule has 2 atom stereocenters. The quantitative estimate of drug-likeness (QED) is 0.483. The predicted molar refractivity (Wildman–Crippen MR) is 137 cm³/mol. The topological polar surface area (TPSA) is 159 Å². The monoisotopic (exact) mass is 506 g/mol. The number of nitriles is 2. The number of carbonyl (C=O) groups excluding carboxylic acids is 2. The predicted octanol–water partition coefficient (Wildman–Crippen LogP) is 3.97. The van der Waals surface area contributed by atoms with Gasteiger partial charge < -0.3 is 21.1 Å². The third kappa shape index (κ3) is 5.89. The Morgan fingerprint density at radius 3 is 2.25 bits per heavy atom. The Morgan fingerprint density at radius 2 is 1.78 bits per heavy atom. The van der Waals surface area contributed by atoms with Gasteiger partial charge in [-0.25, -0.2) is 9.78 Å². The van der Waals surface area contributed by atoms with Gasteiger partial charge in [-0.05, 0) is 35.3 Å². The summed E-state index contributed by atoms with van der Waals surface area (Å²) >= 11 is 1.10. The summed E-state index contributed by atoms with van der Waals surface area (Å²) in [6, 6.07) is 13.2. The van der Waals surface area contributed by atoms with Crippen molar-refractivity contribution in [2.24, 2.45) is 16.9 Å². The number of hydrogen-bond donors (Lipinski definition) is 2. The lowest BCUT2D eigenvalue weighted by Crippen LogP contribution is -2.46. The van der Waals surface area contributed by atoms with Gasteiger partial charge in [0.1, 0.15) is 34.8 Å². The molecule has 0 saturated heterocycles. The number of aromatic nitrogens is 1. The van der Waals surface area contributed by atoms with Crippen LogP contribution in [0.5, 0.6) is 0 Å². The van der Waals surface area contributed by atoms with Gasteiger partial charge in [0.15, 0.2) is 0 Å². The lowest BCUT2D eigenvalue weighted by atomic mass is 9.86. The molecule has 1 aromatic carbocycles. The maximum absolute atomic E-state index is 12.4. The van der Waals surface area contributed by atoms with Gasteiger partial charge in [0, 0.05) is 7.05 Å². The highest BCUT2D eigenvalue weighted by atomic mass is 32.2. The van der Waals surface area contributed by atoms with Gasteiger partial charge in [-0.2, -0.15) is 10.5 Å². The fraction of sp³-hybridized carbons (Fsp3) is 0.423. The highest BCUT2D eigenvalue weighted by Gasteiger charge is 2.37. The number of anilines is 1. The zero-order valence-electron chi connectivity index (χ0n) is 20.8. The lowest BCUT2D eigenvalue weighted by Gasteiger charge is -2.38. The highest BCUT2D eigenvalue weighted by Crippen LogP contribution is 2.48. The second-order valence-electron chi connectivity index (χ2n) is 9.84. The molecule has 4 N–H and O–H groups in total. The van der Waals surface area contributed by atoms with Crippen LogP contribution in [-0.2, 0) is 9.53 Å². The molecule has 36 heavy (non-hydrogen) atoms. The standard InChI is InChI=1S/C26H30N6O3S/c1-26(2,3)19(14-35-25(30)34)32(4)23-17(12-27)20(15-10-11-15)18(13-28)24(31-23)36-21(22(29)33)16-8-6-5-7-9-16/h5-9,15,19,21H,10-11,14H2,1-4H3,(H2,29,33)(H2,30,34). The van der Waals surface area contributed by atoms with Gasteiger partial charge in [0.2, 0.25) is 5.91 Å². The summed E-state index contributed by atoms with van der Waals surface area (Å²) in [5, 5.41) is 19.8. The van der Waals surface area contributed by atoms with Gasteiger partial charge in [-0.1, -0.05) is 62.9 Å². The molecular formula is C26H30N6O3S. The van der Waals surface area contributed by atoms with Crippen molar-refractivity contribution in [2.75, 3.05) is 18.6 Å². The molecule has 0 aliphatic heterocycles. The Hall–Kier alpha value is -3.76. The summed E-state index contributed by atoms with van der Waals surface area (Å²) in [4.78, 5) is 30.3. The van der Waals surface area contributed by atoms with Crippen molar-refractivity contribution in [3.8, 4) is 12.1 Å². The van der Waals surface area contributed by atoms with E-state index in [1.165, 1.54) is 0 Å². The molecule has 1 heterocycles. The minimum absolute atomic E-state index is 0.0168. The van der Waals surface area contributed by atoms with Crippen LogP contribution in [0.3, 0.4) is 0 Å².